The number of methoxy groups -OCH3 is 1. The maximum Gasteiger partial charge on any atom is 0.129 e. The molecule has 170 valence electrons. The molecule has 5 rings (SSSR count). The van der Waals surface area contributed by atoms with Crippen LogP contribution in [-0.2, 0) is 6.54 Å². The lowest BCUT2D eigenvalue weighted by Crippen LogP contribution is -2.51. The van der Waals surface area contributed by atoms with E-state index in [1.165, 1.54) is 5.52 Å². The van der Waals surface area contributed by atoms with Crippen LogP contribution in [-0.4, -0.2) is 52.0 Å². The van der Waals surface area contributed by atoms with Gasteiger partial charge in [-0.05, 0) is 38.0 Å². The van der Waals surface area contributed by atoms with E-state index < -0.39 is 12.2 Å². The number of aliphatic hydroxyl groups excluding tert-OH is 2. The van der Waals surface area contributed by atoms with Crippen molar-refractivity contribution in [1.82, 2.24) is 9.47 Å². The fourth-order valence-corrected chi connectivity index (χ4v) is 5.34. The molecule has 1 saturated heterocycles. The Morgan fingerprint density at radius 2 is 1.97 bits per heavy atom. The van der Waals surface area contributed by atoms with E-state index in [2.05, 4.69) is 34.7 Å². The SMILES string of the molecule is CCn1cc([C@@H](O)CN2CCC3(CC2)C[C@H](O)c2ccc(OC)cc2O3)c2ccccc21. The number of aliphatic hydroxyl groups is 2. The highest BCUT2D eigenvalue weighted by atomic mass is 16.5. The Morgan fingerprint density at radius 3 is 2.72 bits per heavy atom. The zero-order chi connectivity index (χ0) is 22.3. The molecule has 0 bridgehead atoms. The van der Waals surface area contributed by atoms with Gasteiger partial charge >= 0.3 is 0 Å². The maximum absolute atomic E-state index is 11.1. The number of rotatable bonds is 5. The van der Waals surface area contributed by atoms with Crippen LogP contribution in [0.4, 0.5) is 0 Å². The number of aryl methyl sites for hydroxylation is 1. The molecule has 0 aliphatic carbocycles. The van der Waals surface area contributed by atoms with E-state index in [9.17, 15) is 10.2 Å². The number of benzene rings is 2. The summed E-state index contributed by atoms with van der Waals surface area (Å²) < 4.78 is 14.0. The van der Waals surface area contributed by atoms with Crippen molar-refractivity contribution in [3.05, 3.63) is 59.8 Å². The number of nitrogens with zero attached hydrogens (tertiary/aromatic N) is 2. The van der Waals surface area contributed by atoms with Crippen LogP contribution in [0.1, 0.15) is 49.5 Å². The first-order valence-corrected chi connectivity index (χ1v) is 11.5. The third-order valence-electron chi connectivity index (χ3n) is 7.19. The second-order valence-electron chi connectivity index (χ2n) is 9.11. The summed E-state index contributed by atoms with van der Waals surface area (Å²) in [4.78, 5) is 2.31. The minimum absolute atomic E-state index is 0.363. The van der Waals surface area contributed by atoms with Gasteiger partial charge in [0.25, 0.3) is 0 Å². The molecule has 2 N–H and O–H groups in total. The molecule has 2 aromatic carbocycles. The zero-order valence-corrected chi connectivity index (χ0v) is 18.8. The number of para-hydroxylation sites is 1. The second-order valence-corrected chi connectivity index (χ2v) is 9.11. The highest BCUT2D eigenvalue weighted by Gasteiger charge is 2.43. The molecular weight excluding hydrogens is 404 g/mol. The summed E-state index contributed by atoms with van der Waals surface area (Å²) in [5.41, 5.74) is 2.63. The largest absolute Gasteiger partial charge is 0.497 e. The lowest BCUT2D eigenvalue weighted by Gasteiger charge is -2.46. The molecule has 2 aliphatic heterocycles. The van der Waals surface area contributed by atoms with Gasteiger partial charge < -0.3 is 29.2 Å². The molecule has 1 fully saturated rings. The highest BCUT2D eigenvalue weighted by Crippen LogP contribution is 2.45. The van der Waals surface area contributed by atoms with Crippen LogP contribution in [0.25, 0.3) is 10.9 Å². The van der Waals surface area contributed by atoms with E-state index in [-0.39, 0.29) is 5.60 Å². The molecule has 3 heterocycles. The average molecular weight is 437 g/mol. The van der Waals surface area contributed by atoms with Gasteiger partial charge in [0, 0.05) is 66.9 Å². The van der Waals surface area contributed by atoms with Gasteiger partial charge in [0.2, 0.25) is 0 Å². The average Bonchev–Trinajstić information content (AvgIpc) is 3.19. The van der Waals surface area contributed by atoms with Gasteiger partial charge in [0.15, 0.2) is 0 Å². The molecular formula is C26H32N2O4. The number of hydrogen-bond donors (Lipinski definition) is 2. The van der Waals surface area contributed by atoms with E-state index >= 15 is 0 Å². The van der Waals surface area contributed by atoms with Crippen molar-refractivity contribution in [3.63, 3.8) is 0 Å². The van der Waals surface area contributed by atoms with E-state index in [1.807, 2.05) is 30.3 Å². The van der Waals surface area contributed by atoms with Crippen molar-refractivity contribution in [2.75, 3.05) is 26.7 Å². The van der Waals surface area contributed by atoms with Crippen LogP contribution < -0.4 is 9.47 Å². The Labute approximate surface area is 189 Å². The fourth-order valence-electron chi connectivity index (χ4n) is 5.34. The number of fused-ring (bicyclic) bond motifs is 2. The predicted molar refractivity (Wildman–Crippen MR) is 124 cm³/mol. The molecule has 3 aromatic rings. The number of piperidine rings is 1. The third kappa shape index (κ3) is 3.76. The van der Waals surface area contributed by atoms with Crippen molar-refractivity contribution >= 4 is 10.9 Å². The molecule has 6 nitrogen and oxygen atoms in total. The minimum Gasteiger partial charge on any atom is -0.497 e. The van der Waals surface area contributed by atoms with Gasteiger partial charge in [0.05, 0.1) is 19.3 Å². The summed E-state index contributed by atoms with van der Waals surface area (Å²) in [6.45, 7) is 5.26. The molecule has 0 amide bonds. The van der Waals surface area contributed by atoms with Crippen molar-refractivity contribution in [2.45, 2.75) is 50.5 Å². The Balaban J connectivity index is 1.27. The number of hydrogen-bond acceptors (Lipinski definition) is 5. The van der Waals surface area contributed by atoms with Crippen LogP contribution in [0, 0.1) is 0 Å². The predicted octanol–water partition coefficient (Wildman–Crippen LogP) is 4.05. The molecule has 0 saturated carbocycles. The molecule has 2 atom stereocenters. The van der Waals surface area contributed by atoms with E-state index in [4.69, 9.17) is 9.47 Å². The molecule has 32 heavy (non-hydrogen) atoms. The third-order valence-corrected chi connectivity index (χ3v) is 7.19. The van der Waals surface area contributed by atoms with E-state index in [0.29, 0.717) is 13.0 Å². The number of β-amino-alcohol motifs (C(OH)–C–C–N with tert-alkyl or cyclic N) is 1. The standard InChI is InChI=1S/C26H32N2O4/c1-3-28-16-21(19-6-4-5-7-22(19)28)24(30)17-27-12-10-26(11-13-27)15-23(29)20-9-8-18(31-2)14-25(20)32-26/h4-9,14,16,23-24,29-30H,3,10-13,15,17H2,1-2H3/t23-,24-/m0/s1. The van der Waals surface area contributed by atoms with Crippen LogP contribution in [0.2, 0.25) is 0 Å². The van der Waals surface area contributed by atoms with Crippen LogP contribution in [0.3, 0.4) is 0 Å². The van der Waals surface area contributed by atoms with Gasteiger partial charge in [-0.3, -0.25) is 0 Å². The molecule has 2 aliphatic rings. The summed E-state index contributed by atoms with van der Waals surface area (Å²) in [5.74, 6) is 1.46. The van der Waals surface area contributed by atoms with Crippen molar-refractivity contribution in [2.24, 2.45) is 0 Å². The Kier molecular flexibility index (Phi) is 5.61. The smallest absolute Gasteiger partial charge is 0.129 e. The molecule has 6 heteroatoms. The normalized spacial score (nSPS) is 21.3. The van der Waals surface area contributed by atoms with Crippen molar-refractivity contribution in [3.8, 4) is 11.5 Å². The lowest BCUT2D eigenvalue weighted by molar-refractivity contribution is -0.0588. The lowest BCUT2D eigenvalue weighted by atomic mass is 9.81. The first-order valence-electron chi connectivity index (χ1n) is 11.5. The van der Waals surface area contributed by atoms with Gasteiger partial charge in [-0.1, -0.05) is 18.2 Å². The first-order chi connectivity index (χ1) is 15.5. The van der Waals surface area contributed by atoms with E-state index in [1.54, 1.807) is 7.11 Å². The monoisotopic (exact) mass is 436 g/mol. The van der Waals surface area contributed by atoms with Gasteiger partial charge in [0.1, 0.15) is 17.1 Å². The van der Waals surface area contributed by atoms with Crippen molar-refractivity contribution < 1.29 is 19.7 Å². The molecule has 0 unspecified atom stereocenters. The highest BCUT2D eigenvalue weighted by molar-refractivity contribution is 5.84. The number of aromatic nitrogens is 1. The van der Waals surface area contributed by atoms with Gasteiger partial charge in [-0.25, -0.2) is 0 Å². The summed E-state index contributed by atoms with van der Waals surface area (Å²) in [5, 5.41) is 22.9. The zero-order valence-electron chi connectivity index (χ0n) is 18.8. The summed E-state index contributed by atoms with van der Waals surface area (Å²) in [6.07, 6.45) is 3.28. The second kappa shape index (κ2) is 8.43. The molecule has 1 spiro atoms. The Bertz CT molecular complexity index is 1100. The number of ether oxygens (including phenoxy) is 2. The first kappa shape index (κ1) is 21.3. The van der Waals surface area contributed by atoms with Crippen molar-refractivity contribution in [1.29, 1.82) is 0 Å². The number of likely N-dealkylation sites (tertiary alicyclic amines) is 1. The van der Waals surface area contributed by atoms with E-state index in [0.717, 1.165) is 60.5 Å². The van der Waals surface area contributed by atoms with Crippen LogP contribution in [0.15, 0.2) is 48.7 Å². The Morgan fingerprint density at radius 1 is 1.19 bits per heavy atom. The minimum atomic E-state index is -0.537. The Hall–Kier alpha value is -2.54. The summed E-state index contributed by atoms with van der Waals surface area (Å²) >= 11 is 0. The molecule has 0 radical (unpaired) electrons. The van der Waals surface area contributed by atoms with Crippen LogP contribution >= 0.6 is 0 Å². The maximum atomic E-state index is 11.1. The molecule has 1 aromatic heterocycles. The van der Waals surface area contributed by atoms with Crippen LogP contribution in [0.5, 0.6) is 11.5 Å². The summed E-state index contributed by atoms with van der Waals surface area (Å²) in [7, 11) is 1.64. The topological polar surface area (TPSA) is 67.1 Å². The van der Waals surface area contributed by atoms with Gasteiger partial charge in [-0.2, -0.15) is 0 Å². The fraction of sp³-hybridized carbons (Fsp3) is 0.462. The quantitative estimate of drug-likeness (QED) is 0.632. The summed E-state index contributed by atoms with van der Waals surface area (Å²) in [6, 6.07) is 13.9. The van der Waals surface area contributed by atoms with Gasteiger partial charge in [-0.15, -0.1) is 0 Å².